The molecular formula is C11H9NO2S. The number of nitrogens with zero attached hydrogens (tertiary/aromatic N) is 1. The largest absolute Gasteiger partial charge is 0.457 e. The topological polar surface area (TPSA) is 50.1 Å². The predicted octanol–water partition coefficient (Wildman–Crippen LogP) is 1.83. The first-order valence-electron chi connectivity index (χ1n) is 4.58. The minimum atomic E-state index is -0.301. The summed E-state index contributed by atoms with van der Waals surface area (Å²) in [6.45, 7) is 0. The average molecular weight is 219 g/mol. The molecule has 0 aromatic heterocycles. The molecule has 76 valence electrons. The molecule has 0 spiro atoms. The van der Waals surface area contributed by atoms with Crippen LogP contribution in [0.4, 0.5) is 0 Å². The van der Waals surface area contributed by atoms with Gasteiger partial charge in [-0.05, 0) is 24.3 Å². The number of esters is 1. The van der Waals surface area contributed by atoms with E-state index in [1.54, 1.807) is 36.0 Å². The first-order chi connectivity index (χ1) is 7.29. The van der Waals surface area contributed by atoms with Gasteiger partial charge in [-0.3, -0.25) is 0 Å². The number of carbonyl (C=O) groups excluding carboxylic acids is 1. The van der Waals surface area contributed by atoms with Crippen LogP contribution in [0.15, 0.2) is 24.3 Å². The number of hydrogen-bond acceptors (Lipinski definition) is 4. The molecule has 0 bridgehead atoms. The van der Waals surface area contributed by atoms with Gasteiger partial charge in [-0.2, -0.15) is 17.0 Å². The summed E-state index contributed by atoms with van der Waals surface area (Å²) < 4.78 is 5.20. The zero-order valence-corrected chi connectivity index (χ0v) is 8.79. The lowest BCUT2D eigenvalue weighted by Gasteiger charge is -2.24. The summed E-state index contributed by atoms with van der Waals surface area (Å²) >= 11 is 1.77. The molecule has 1 heterocycles. The zero-order chi connectivity index (χ0) is 10.7. The molecule has 0 atom stereocenters. The predicted molar refractivity (Wildman–Crippen MR) is 57.7 cm³/mol. The van der Waals surface area contributed by atoms with Crippen molar-refractivity contribution in [1.29, 1.82) is 5.26 Å². The summed E-state index contributed by atoms with van der Waals surface area (Å²) in [5, 5.41) is 8.59. The van der Waals surface area contributed by atoms with Gasteiger partial charge < -0.3 is 4.74 Å². The van der Waals surface area contributed by atoms with Crippen molar-refractivity contribution < 1.29 is 9.53 Å². The van der Waals surface area contributed by atoms with Crippen LogP contribution in [0.25, 0.3) is 0 Å². The summed E-state index contributed by atoms with van der Waals surface area (Å²) in [7, 11) is 0. The maximum Gasteiger partial charge on any atom is 0.338 e. The molecule has 1 fully saturated rings. The average Bonchev–Trinajstić information content (AvgIpc) is 2.23. The van der Waals surface area contributed by atoms with Crippen LogP contribution in [0.3, 0.4) is 0 Å². The van der Waals surface area contributed by atoms with Gasteiger partial charge >= 0.3 is 5.97 Å². The van der Waals surface area contributed by atoms with Crippen molar-refractivity contribution in [3.63, 3.8) is 0 Å². The fourth-order valence-corrected chi connectivity index (χ4v) is 1.75. The lowest BCUT2D eigenvalue weighted by atomic mass is 10.1. The standard InChI is InChI=1S/C11H9NO2S/c12-5-8-1-3-9(4-2-8)11(13)14-10-6-15-7-10/h1-4,10H,6-7H2. The second-order valence-corrected chi connectivity index (χ2v) is 4.33. The Morgan fingerprint density at radius 1 is 1.40 bits per heavy atom. The SMILES string of the molecule is N#Cc1ccc(C(=O)OC2CSC2)cc1. The fourth-order valence-electron chi connectivity index (χ4n) is 1.18. The van der Waals surface area contributed by atoms with E-state index in [1.165, 1.54) is 0 Å². The van der Waals surface area contributed by atoms with Crippen LogP contribution in [-0.4, -0.2) is 23.6 Å². The molecule has 15 heavy (non-hydrogen) atoms. The molecule has 0 aliphatic carbocycles. The smallest absolute Gasteiger partial charge is 0.338 e. The minimum absolute atomic E-state index is 0.0677. The Kier molecular flexibility index (Phi) is 2.93. The molecule has 0 saturated carbocycles. The van der Waals surface area contributed by atoms with Crippen molar-refractivity contribution in [3.8, 4) is 6.07 Å². The number of rotatable bonds is 2. The van der Waals surface area contributed by atoms with Gasteiger partial charge in [0.1, 0.15) is 6.10 Å². The van der Waals surface area contributed by atoms with E-state index < -0.39 is 0 Å². The van der Waals surface area contributed by atoms with E-state index in [0.717, 1.165) is 11.5 Å². The molecule has 0 radical (unpaired) electrons. The monoisotopic (exact) mass is 219 g/mol. The number of carbonyl (C=O) groups is 1. The number of thioether (sulfide) groups is 1. The van der Waals surface area contributed by atoms with E-state index in [-0.39, 0.29) is 12.1 Å². The lowest BCUT2D eigenvalue weighted by Crippen LogP contribution is -2.30. The van der Waals surface area contributed by atoms with E-state index in [4.69, 9.17) is 10.00 Å². The van der Waals surface area contributed by atoms with E-state index in [0.29, 0.717) is 11.1 Å². The van der Waals surface area contributed by atoms with E-state index in [9.17, 15) is 4.79 Å². The van der Waals surface area contributed by atoms with Crippen molar-refractivity contribution in [2.24, 2.45) is 0 Å². The lowest BCUT2D eigenvalue weighted by molar-refractivity contribution is 0.0375. The highest BCUT2D eigenvalue weighted by Gasteiger charge is 2.22. The summed E-state index contributed by atoms with van der Waals surface area (Å²) in [5.41, 5.74) is 1.05. The first-order valence-corrected chi connectivity index (χ1v) is 5.74. The van der Waals surface area contributed by atoms with Gasteiger partial charge in [-0.1, -0.05) is 0 Å². The molecular weight excluding hydrogens is 210 g/mol. The summed E-state index contributed by atoms with van der Waals surface area (Å²) in [6.07, 6.45) is 0.0677. The van der Waals surface area contributed by atoms with Gasteiger partial charge in [-0.25, -0.2) is 4.79 Å². The summed E-state index contributed by atoms with van der Waals surface area (Å²) in [6, 6.07) is 8.47. The second-order valence-electron chi connectivity index (χ2n) is 3.25. The highest BCUT2D eigenvalue weighted by Crippen LogP contribution is 2.21. The third kappa shape index (κ3) is 2.31. The molecule has 0 amide bonds. The molecule has 1 aliphatic heterocycles. The highest BCUT2D eigenvalue weighted by atomic mass is 32.2. The van der Waals surface area contributed by atoms with Crippen LogP contribution >= 0.6 is 11.8 Å². The molecule has 3 nitrogen and oxygen atoms in total. The number of benzene rings is 1. The maximum absolute atomic E-state index is 11.5. The van der Waals surface area contributed by atoms with Gasteiger partial charge in [0.15, 0.2) is 0 Å². The molecule has 1 saturated heterocycles. The van der Waals surface area contributed by atoms with Crippen molar-refractivity contribution in [2.75, 3.05) is 11.5 Å². The Balaban J connectivity index is 2.02. The van der Waals surface area contributed by atoms with Gasteiger partial charge in [0.2, 0.25) is 0 Å². The Morgan fingerprint density at radius 3 is 2.53 bits per heavy atom. The number of ether oxygens (including phenoxy) is 1. The Labute approximate surface area is 92.0 Å². The van der Waals surface area contributed by atoms with Crippen LogP contribution in [0.2, 0.25) is 0 Å². The summed E-state index contributed by atoms with van der Waals surface area (Å²) in [5.74, 6) is 1.48. The van der Waals surface area contributed by atoms with Crippen molar-refractivity contribution >= 4 is 17.7 Å². The minimum Gasteiger partial charge on any atom is -0.457 e. The second kappa shape index (κ2) is 4.37. The molecule has 0 unspecified atom stereocenters. The zero-order valence-electron chi connectivity index (χ0n) is 7.97. The van der Waals surface area contributed by atoms with Crippen molar-refractivity contribution in [3.05, 3.63) is 35.4 Å². The first kappa shape index (κ1) is 10.1. The van der Waals surface area contributed by atoms with Crippen LogP contribution in [0.1, 0.15) is 15.9 Å². The molecule has 4 heteroatoms. The van der Waals surface area contributed by atoms with Gasteiger partial charge in [0.25, 0.3) is 0 Å². The fraction of sp³-hybridized carbons (Fsp3) is 0.273. The third-order valence-electron chi connectivity index (χ3n) is 2.13. The maximum atomic E-state index is 11.5. The van der Waals surface area contributed by atoms with Crippen LogP contribution in [-0.2, 0) is 4.74 Å². The Morgan fingerprint density at radius 2 is 2.07 bits per heavy atom. The Bertz CT molecular complexity index is 404. The van der Waals surface area contributed by atoms with E-state index in [1.807, 2.05) is 6.07 Å². The van der Waals surface area contributed by atoms with Gasteiger partial charge in [-0.15, -0.1) is 0 Å². The number of hydrogen-bond donors (Lipinski definition) is 0. The van der Waals surface area contributed by atoms with Gasteiger partial charge in [0.05, 0.1) is 17.2 Å². The molecule has 1 aromatic rings. The third-order valence-corrected chi connectivity index (χ3v) is 3.35. The normalized spacial score (nSPS) is 15.1. The molecule has 1 aliphatic rings. The molecule has 0 N–H and O–H groups in total. The number of nitriles is 1. The quantitative estimate of drug-likeness (QED) is 0.712. The van der Waals surface area contributed by atoms with Crippen molar-refractivity contribution in [1.82, 2.24) is 0 Å². The van der Waals surface area contributed by atoms with E-state index >= 15 is 0 Å². The van der Waals surface area contributed by atoms with Crippen LogP contribution < -0.4 is 0 Å². The molecule has 1 aromatic carbocycles. The summed E-state index contributed by atoms with van der Waals surface area (Å²) in [4.78, 5) is 11.5. The van der Waals surface area contributed by atoms with Crippen molar-refractivity contribution in [2.45, 2.75) is 6.10 Å². The van der Waals surface area contributed by atoms with Crippen LogP contribution in [0, 0.1) is 11.3 Å². The Hall–Kier alpha value is -1.47. The van der Waals surface area contributed by atoms with Crippen LogP contribution in [0.5, 0.6) is 0 Å². The highest BCUT2D eigenvalue weighted by molar-refractivity contribution is 8.00. The molecule has 2 rings (SSSR count). The van der Waals surface area contributed by atoms with E-state index in [2.05, 4.69) is 0 Å². The van der Waals surface area contributed by atoms with Gasteiger partial charge in [0, 0.05) is 11.5 Å².